The van der Waals surface area contributed by atoms with Gasteiger partial charge in [-0.3, -0.25) is 19.7 Å². The maximum absolute atomic E-state index is 12.2. The zero-order valence-electron chi connectivity index (χ0n) is 11.3. The Labute approximate surface area is 130 Å². The van der Waals surface area contributed by atoms with Crippen LogP contribution >= 0.6 is 15.9 Å². The van der Waals surface area contributed by atoms with Crippen molar-refractivity contribution in [3.63, 3.8) is 0 Å². The summed E-state index contributed by atoms with van der Waals surface area (Å²) in [4.78, 5) is 35.1. The fourth-order valence-electron chi connectivity index (χ4n) is 2.87. The summed E-state index contributed by atoms with van der Waals surface area (Å²) >= 11 is 3.37. The number of carbonyl (C=O) groups is 3. The Morgan fingerprint density at radius 2 is 2.05 bits per heavy atom. The second-order valence-electron chi connectivity index (χ2n) is 5.50. The largest absolute Gasteiger partial charge is 0.296 e. The highest BCUT2D eigenvalue weighted by Crippen LogP contribution is 2.29. The summed E-state index contributed by atoms with van der Waals surface area (Å²) in [6.45, 7) is 0. The summed E-state index contributed by atoms with van der Waals surface area (Å²) in [5.74, 6) is -0.653. The van der Waals surface area contributed by atoms with E-state index < -0.39 is 0 Å². The standard InChI is InChI=1S/C16H14BrNO3/c17-12-3-1-10-5-9(7-14(19)13(10)8-12)6-11-2-4-15(20)18-16(11)21/h1,3,7-8,11H,2,4-6H2,(H,18,20,21). The van der Waals surface area contributed by atoms with E-state index in [-0.39, 0.29) is 23.5 Å². The molecule has 2 aliphatic rings. The van der Waals surface area contributed by atoms with Crippen LogP contribution in [0, 0.1) is 5.92 Å². The quantitative estimate of drug-likeness (QED) is 0.836. The van der Waals surface area contributed by atoms with Gasteiger partial charge in [0.1, 0.15) is 0 Å². The monoisotopic (exact) mass is 347 g/mol. The predicted molar refractivity (Wildman–Crippen MR) is 80.8 cm³/mol. The van der Waals surface area contributed by atoms with Crippen LogP contribution in [0.15, 0.2) is 34.3 Å². The van der Waals surface area contributed by atoms with Gasteiger partial charge in [0, 0.05) is 22.4 Å². The number of amides is 2. The molecular weight excluding hydrogens is 334 g/mol. The zero-order chi connectivity index (χ0) is 15.0. The fourth-order valence-corrected chi connectivity index (χ4v) is 3.23. The van der Waals surface area contributed by atoms with Crippen molar-refractivity contribution in [2.24, 2.45) is 5.92 Å². The smallest absolute Gasteiger partial charge is 0.229 e. The summed E-state index contributed by atoms with van der Waals surface area (Å²) < 4.78 is 0.886. The van der Waals surface area contributed by atoms with Gasteiger partial charge in [-0.1, -0.05) is 27.6 Å². The summed E-state index contributed by atoms with van der Waals surface area (Å²) in [6, 6.07) is 5.69. The number of imide groups is 1. The van der Waals surface area contributed by atoms with Crippen molar-refractivity contribution in [3.8, 4) is 0 Å². The molecule has 1 aliphatic carbocycles. The molecule has 21 heavy (non-hydrogen) atoms. The molecular formula is C16H14BrNO3. The lowest BCUT2D eigenvalue weighted by Crippen LogP contribution is -2.41. The summed E-state index contributed by atoms with van der Waals surface area (Å²) in [6.07, 6.45) is 3.80. The lowest BCUT2D eigenvalue weighted by atomic mass is 9.84. The molecule has 1 aromatic carbocycles. The second kappa shape index (κ2) is 5.56. The maximum atomic E-state index is 12.2. The van der Waals surface area contributed by atoms with Gasteiger partial charge in [-0.25, -0.2) is 0 Å². The lowest BCUT2D eigenvalue weighted by Gasteiger charge is -2.23. The van der Waals surface area contributed by atoms with Crippen LogP contribution in [0.1, 0.15) is 35.2 Å². The number of benzene rings is 1. The molecule has 0 bridgehead atoms. The number of halogens is 1. The van der Waals surface area contributed by atoms with Gasteiger partial charge in [0.15, 0.2) is 5.78 Å². The van der Waals surface area contributed by atoms with E-state index in [9.17, 15) is 14.4 Å². The molecule has 0 spiro atoms. The molecule has 1 atom stereocenters. The molecule has 3 rings (SSSR count). The van der Waals surface area contributed by atoms with E-state index in [2.05, 4.69) is 21.2 Å². The summed E-state index contributed by atoms with van der Waals surface area (Å²) in [5, 5.41) is 2.36. The predicted octanol–water partition coefficient (Wildman–Crippen LogP) is 2.56. The van der Waals surface area contributed by atoms with E-state index in [1.807, 2.05) is 18.2 Å². The average Bonchev–Trinajstić information content (AvgIpc) is 2.43. The van der Waals surface area contributed by atoms with Gasteiger partial charge in [0.05, 0.1) is 0 Å². The molecule has 1 aromatic rings. The molecule has 0 aromatic heterocycles. The Hall–Kier alpha value is -1.75. The van der Waals surface area contributed by atoms with Crippen LogP contribution in [-0.2, 0) is 16.0 Å². The Morgan fingerprint density at radius 1 is 1.24 bits per heavy atom. The third kappa shape index (κ3) is 2.97. The van der Waals surface area contributed by atoms with E-state index in [0.717, 1.165) is 21.2 Å². The van der Waals surface area contributed by atoms with E-state index in [4.69, 9.17) is 0 Å². The van der Waals surface area contributed by atoms with Gasteiger partial charge in [0.2, 0.25) is 11.8 Å². The van der Waals surface area contributed by atoms with E-state index in [1.165, 1.54) is 0 Å². The molecule has 1 saturated heterocycles. The Morgan fingerprint density at radius 3 is 2.81 bits per heavy atom. The minimum absolute atomic E-state index is 0.0140. The first-order valence-corrected chi connectivity index (χ1v) is 7.68. The number of rotatable bonds is 2. The van der Waals surface area contributed by atoms with Crippen LogP contribution in [0.25, 0.3) is 0 Å². The Kier molecular flexibility index (Phi) is 3.76. The van der Waals surface area contributed by atoms with Crippen molar-refractivity contribution >= 4 is 33.5 Å². The van der Waals surface area contributed by atoms with Crippen LogP contribution < -0.4 is 5.32 Å². The number of hydrogen-bond donors (Lipinski definition) is 1. The number of ketones is 1. The highest BCUT2D eigenvalue weighted by molar-refractivity contribution is 9.10. The lowest BCUT2D eigenvalue weighted by molar-refractivity contribution is -0.136. The van der Waals surface area contributed by atoms with E-state index in [0.29, 0.717) is 25.7 Å². The van der Waals surface area contributed by atoms with Crippen molar-refractivity contribution in [2.75, 3.05) is 0 Å². The Bertz CT molecular complexity index is 678. The molecule has 0 saturated carbocycles. The number of piperidine rings is 1. The van der Waals surface area contributed by atoms with Crippen LogP contribution in [0.3, 0.4) is 0 Å². The van der Waals surface area contributed by atoms with Gasteiger partial charge in [-0.2, -0.15) is 0 Å². The number of fused-ring (bicyclic) bond motifs is 1. The minimum Gasteiger partial charge on any atom is -0.296 e. The SMILES string of the molecule is O=C1CCC(CC2=CC(=O)c3cc(Br)ccc3C2)C(=O)N1. The fraction of sp³-hybridized carbons (Fsp3) is 0.312. The van der Waals surface area contributed by atoms with Crippen molar-refractivity contribution in [3.05, 3.63) is 45.4 Å². The first-order valence-electron chi connectivity index (χ1n) is 6.89. The van der Waals surface area contributed by atoms with Gasteiger partial charge < -0.3 is 0 Å². The molecule has 0 radical (unpaired) electrons. The van der Waals surface area contributed by atoms with E-state index in [1.54, 1.807) is 6.08 Å². The average molecular weight is 348 g/mol. The second-order valence-corrected chi connectivity index (χ2v) is 6.41. The zero-order valence-corrected chi connectivity index (χ0v) is 12.9. The van der Waals surface area contributed by atoms with Crippen LogP contribution in [0.2, 0.25) is 0 Å². The third-order valence-corrected chi connectivity index (χ3v) is 4.45. The van der Waals surface area contributed by atoms with Gasteiger partial charge >= 0.3 is 0 Å². The van der Waals surface area contributed by atoms with Crippen LogP contribution in [-0.4, -0.2) is 17.6 Å². The molecule has 1 fully saturated rings. The highest BCUT2D eigenvalue weighted by Gasteiger charge is 2.28. The third-order valence-electron chi connectivity index (χ3n) is 3.95. The normalized spacial score (nSPS) is 21.7. The highest BCUT2D eigenvalue weighted by atomic mass is 79.9. The number of allylic oxidation sites excluding steroid dienone is 2. The van der Waals surface area contributed by atoms with Crippen molar-refractivity contribution in [1.82, 2.24) is 5.32 Å². The van der Waals surface area contributed by atoms with Crippen molar-refractivity contribution in [1.29, 1.82) is 0 Å². The molecule has 2 amide bonds. The Balaban J connectivity index is 1.77. The first kappa shape index (κ1) is 14.2. The number of nitrogens with one attached hydrogen (secondary N) is 1. The van der Waals surface area contributed by atoms with Gasteiger partial charge in [-0.15, -0.1) is 0 Å². The molecule has 1 unspecified atom stereocenters. The first-order chi connectivity index (χ1) is 10.0. The molecule has 1 heterocycles. The molecule has 1 aliphatic heterocycles. The number of carbonyl (C=O) groups excluding carboxylic acids is 3. The van der Waals surface area contributed by atoms with Crippen molar-refractivity contribution < 1.29 is 14.4 Å². The molecule has 5 heteroatoms. The maximum Gasteiger partial charge on any atom is 0.229 e. The molecule has 108 valence electrons. The van der Waals surface area contributed by atoms with Crippen molar-refractivity contribution in [2.45, 2.75) is 25.7 Å². The molecule has 1 N–H and O–H groups in total. The molecule has 4 nitrogen and oxygen atoms in total. The van der Waals surface area contributed by atoms with Gasteiger partial charge in [0.25, 0.3) is 0 Å². The van der Waals surface area contributed by atoms with Crippen LogP contribution in [0.5, 0.6) is 0 Å². The summed E-state index contributed by atoms with van der Waals surface area (Å²) in [7, 11) is 0. The van der Waals surface area contributed by atoms with Gasteiger partial charge in [-0.05, 0) is 43.0 Å². The van der Waals surface area contributed by atoms with E-state index >= 15 is 0 Å². The van der Waals surface area contributed by atoms with Crippen LogP contribution in [0.4, 0.5) is 0 Å². The topological polar surface area (TPSA) is 63.2 Å². The minimum atomic E-state index is -0.221. The summed E-state index contributed by atoms with van der Waals surface area (Å²) in [5.41, 5.74) is 2.67. The number of hydrogen-bond acceptors (Lipinski definition) is 3.